The van der Waals surface area contributed by atoms with Crippen molar-refractivity contribution in [3.8, 4) is 5.75 Å². The lowest BCUT2D eigenvalue weighted by Gasteiger charge is -2.13. The Kier molecular flexibility index (Phi) is 5.26. The number of ether oxygens (including phenoxy) is 1. The fraction of sp³-hybridized carbons (Fsp3) is 0.375. The predicted molar refractivity (Wildman–Crippen MR) is 84.4 cm³/mol. The molecule has 22 heavy (non-hydrogen) atoms. The number of nitrogens with one attached hydrogen (secondary N) is 1. The van der Waals surface area contributed by atoms with Crippen LogP contribution in [0.1, 0.15) is 30.2 Å². The van der Waals surface area contributed by atoms with Crippen molar-refractivity contribution in [3.63, 3.8) is 0 Å². The molecule has 0 aliphatic carbocycles. The van der Waals surface area contributed by atoms with Crippen LogP contribution >= 0.6 is 0 Å². The molecular weight excluding hydrogens is 302 g/mol. The summed E-state index contributed by atoms with van der Waals surface area (Å²) < 4.78 is 38.2. The van der Waals surface area contributed by atoms with Gasteiger partial charge in [-0.3, -0.25) is 0 Å². The molecule has 1 aromatic carbocycles. The van der Waals surface area contributed by atoms with E-state index in [1.807, 2.05) is 13.8 Å². The molecule has 6 heteroatoms. The third-order valence-corrected chi connectivity index (χ3v) is 4.78. The third-order valence-electron chi connectivity index (χ3n) is 3.24. The molecule has 0 unspecified atom stereocenters. The molecule has 0 aliphatic rings. The Morgan fingerprint density at radius 3 is 2.64 bits per heavy atom. The largest absolute Gasteiger partial charge is 0.493 e. The highest BCUT2D eigenvalue weighted by Crippen LogP contribution is 2.26. The normalized spacial score (nSPS) is 11.6. The summed E-state index contributed by atoms with van der Waals surface area (Å²) in [6.07, 6.45) is 2.42. The van der Waals surface area contributed by atoms with Gasteiger partial charge in [0.05, 0.1) is 24.3 Å². The first-order valence-corrected chi connectivity index (χ1v) is 8.68. The lowest BCUT2D eigenvalue weighted by atomic mass is 10.1. The Bertz CT molecular complexity index is 721. The van der Waals surface area contributed by atoms with Gasteiger partial charge < -0.3 is 9.15 Å². The van der Waals surface area contributed by atoms with Crippen LogP contribution in [-0.2, 0) is 16.6 Å². The average molecular weight is 323 g/mol. The van der Waals surface area contributed by atoms with E-state index in [9.17, 15) is 8.42 Å². The number of aryl methyl sites for hydroxylation is 2. The van der Waals surface area contributed by atoms with Crippen LogP contribution in [0.3, 0.4) is 0 Å². The van der Waals surface area contributed by atoms with E-state index in [4.69, 9.17) is 9.15 Å². The minimum Gasteiger partial charge on any atom is -0.493 e. The van der Waals surface area contributed by atoms with E-state index >= 15 is 0 Å². The molecule has 1 heterocycles. The maximum absolute atomic E-state index is 12.4. The fourth-order valence-corrected chi connectivity index (χ4v) is 3.38. The zero-order valence-electron chi connectivity index (χ0n) is 13.0. The van der Waals surface area contributed by atoms with Gasteiger partial charge in [-0.25, -0.2) is 13.1 Å². The van der Waals surface area contributed by atoms with Gasteiger partial charge in [-0.05, 0) is 55.7 Å². The van der Waals surface area contributed by atoms with Gasteiger partial charge in [0.25, 0.3) is 0 Å². The van der Waals surface area contributed by atoms with Crippen molar-refractivity contribution in [2.75, 3.05) is 6.61 Å². The monoisotopic (exact) mass is 323 g/mol. The Hall–Kier alpha value is -1.79. The molecule has 5 nitrogen and oxygen atoms in total. The Labute approximate surface area is 131 Å². The average Bonchev–Trinajstić information content (AvgIpc) is 2.99. The van der Waals surface area contributed by atoms with Crippen molar-refractivity contribution < 1.29 is 17.6 Å². The van der Waals surface area contributed by atoms with Gasteiger partial charge in [-0.15, -0.1) is 0 Å². The van der Waals surface area contributed by atoms with Crippen LogP contribution in [0.5, 0.6) is 5.75 Å². The molecule has 0 radical (unpaired) electrons. The number of hydrogen-bond donors (Lipinski definition) is 1. The first kappa shape index (κ1) is 16.6. The molecule has 0 saturated heterocycles. The first-order chi connectivity index (χ1) is 10.4. The summed E-state index contributed by atoms with van der Waals surface area (Å²) in [7, 11) is -3.59. The van der Waals surface area contributed by atoms with Gasteiger partial charge in [0.1, 0.15) is 11.5 Å². The van der Waals surface area contributed by atoms with Crippen LogP contribution in [0.4, 0.5) is 0 Å². The quantitative estimate of drug-likeness (QED) is 0.850. The Morgan fingerprint density at radius 1 is 1.23 bits per heavy atom. The van der Waals surface area contributed by atoms with E-state index in [1.165, 1.54) is 6.26 Å². The zero-order valence-corrected chi connectivity index (χ0v) is 13.9. The van der Waals surface area contributed by atoms with E-state index in [0.29, 0.717) is 17.9 Å². The van der Waals surface area contributed by atoms with E-state index < -0.39 is 10.0 Å². The number of benzene rings is 1. The summed E-state index contributed by atoms with van der Waals surface area (Å²) >= 11 is 0. The van der Waals surface area contributed by atoms with Crippen molar-refractivity contribution in [2.24, 2.45) is 0 Å². The van der Waals surface area contributed by atoms with E-state index in [2.05, 4.69) is 4.72 Å². The molecule has 0 fully saturated rings. The molecule has 0 amide bonds. The molecular formula is C16H21NO4S. The zero-order chi connectivity index (χ0) is 16.2. The summed E-state index contributed by atoms with van der Waals surface area (Å²) in [6.45, 7) is 6.38. The highest BCUT2D eigenvalue weighted by atomic mass is 32.2. The highest BCUT2D eigenvalue weighted by molar-refractivity contribution is 7.89. The van der Waals surface area contributed by atoms with Gasteiger partial charge >= 0.3 is 0 Å². The van der Waals surface area contributed by atoms with Crippen LogP contribution in [0, 0.1) is 13.8 Å². The number of rotatable bonds is 7. The van der Waals surface area contributed by atoms with Crippen molar-refractivity contribution in [1.82, 2.24) is 4.72 Å². The lowest BCUT2D eigenvalue weighted by Crippen LogP contribution is -2.24. The number of sulfonamides is 1. The molecule has 2 aromatic rings. The van der Waals surface area contributed by atoms with Crippen LogP contribution in [-0.4, -0.2) is 15.0 Å². The van der Waals surface area contributed by atoms with Gasteiger partial charge in [0, 0.05) is 0 Å². The van der Waals surface area contributed by atoms with Crippen LogP contribution < -0.4 is 9.46 Å². The standard InChI is InChI=1S/C16H21NO4S/c1-4-7-21-15-9-13(3)16(10-12(15)2)22(18,19)17-11-14-6-5-8-20-14/h5-6,8-10,17H,4,7,11H2,1-3H3. The fourth-order valence-electron chi connectivity index (χ4n) is 2.08. The van der Waals surface area contributed by atoms with Crippen LogP contribution in [0.25, 0.3) is 0 Å². The van der Waals surface area contributed by atoms with Crippen molar-refractivity contribution >= 4 is 10.0 Å². The minimum atomic E-state index is -3.59. The molecule has 1 N–H and O–H groups in total. The number of hydrogen-bond acceptors (Lipinski definition) is 4. The highest BCUT2D eigenvalue weighted by Gasteiger charge is 2.19. The smallest absolute Gasteiger partial charge is 0.241 e. The van der Waals surface area contributed by atoms with Crippen LogP contribution in [0.15, 0.2) is 39.8 Å². The maximum Gasteiger partial charge on any atom is 0.241 e. The van der Waals surface area contributed by atoms with Gasteiger partial charge in [0.2, 0.25) is 10.0 Å². The molecule has 2 rings (SSSR count). The van der Waals surface area contributed by atoms with Crippen molar-refractivity contribution in [2.45, 2.75) is 38.6 Å². The first-order valence-electron chi connectivity index (χ1n) is 7.20. The van der Waals surface area contributed by atoms with Gasteiger partial charge in [0.15, 0.2) is 0 Å². The van der Waals surface area contributed by atoms with Crippen molar-refractivity contribution in [1.29, 1.82) is 0 Å². The minimum absolute atomic E-state index is 0.127. The second-order valence-corrected chi connectivity index (χ2v) is 6.87. The topological polar surface area (TPSA) is 68.5 Å². The van der Waals surface area contributed by atoms with Crippen molar-refractivity contribution in [3.05, 3.63) is 47.4 Å². The third kappa shape index (κ3) is 3.90. The Morgan fingerprint density at radius 2 is 2.00 bits per heavy atom. The molecule has 0 bridgehead atoms. The lowest BCUT2D eigenvalue weighted by molar-refractivity contribution is 0.315. The number of furan rings is 1. The SMILES string of the molecule is CCCOc1cc(C)c(S(=O)(=O)NCc2ccco2)cc1C. The summed E-state index contributed by atoms with van der Waals surface area (Å²) in [5, 5.41) is 0. The van der Waals surface area contributed by atoms with E-state index in [1.54, 1.807) is 31.2 Å². The van der Waals surface area contributed by atoms with Gasteiger partial charge in [-0.1, -0.05) is 6.92 Å². The molecule has 0 aliphatic heterocycles. The molecule has 1 aromatic heterocycles. The second-order valence-electron chi connectivity index (χ2n) is 5.14. The summed E-state index contributed by atoms with van der Waals surface area (Å²) in [4.78, 5) is 0.264. The summed E-state index contributed by atoms with van der Waals surface area (Å²) in [6, 6.07) is 6.86. The molecule has 0 atom stereocenters. The van der Waals surface area contributed by atoms with Gasteiger partial charge in [-0.2, -0.15) is 0 Å². The van der Waals surface area contributed by atoms with E-state index in [0.717, 1.165) is 17.7 Å². The maximum atomic E-state index is 12.4. The Balaban J connectivity index is 2.21. The second kappa shape index (κ2) is 6.98. The molecule has 0 spiro atoms. The summed E-state index contributed by atoms with van der Waals surface area (Å²) in [5.41, 5.74) is 1.46. The van der Waals surface area contributed by atoms with Crippen LogP contribution in [0.2, 0.25) is 0 Å². The predicted octanol–water partition coefficient (Wildman–Crippen LogP) is 3.16. The summed E-state index contributed by atoms with van der Waals surface area (Å²) in [5.74, 6) is 1.30. The van der Waals surface area contributed by atoms with E-state index in [-0.39, 0.29) is 11.4 Å². The molecule has 0 saturated carbocycles. The molecule has 120 valence electrons.